The molecule has 17 heavy (non-hydrogen) atoms. The van der Waals surface area contributed by atoms with E-state index in [-0.39, 0.29) is 5.91 Å². The van der Waals surface area contributed by atoms with Gasteiger partial charge in [0.1, 0.15) is 4.88 Å². The molecule has 1 heterocycles. The maximum Gasteiger partial charge on any atom is 0.263 e. The Morgan fingerprint density at radius 3 is 2.94 bits per heavy atom. The van der Waals surface area contributed by atoms with Crippen LogP contribution >= 0.6 is 11.3 Å². The van der Waals surface area contributed by atoms with Gasteiger partial charge in [-0.3, -0.25) is 4.79 Å². The van der Waals surface area contributed by atoms with Crippen molar-refractivity contribution >= 4 is 33.0 Å². The number of aryl methyl sites for hydroxylation is 1. The molecule has 3 rings (SSSR count). The van der Waals surface area contributed by atoms with Crippen molar-refractivity contribution in [3.63, 3.8) is 0 Å². The van der Waals surface area contributed by atoms with Gasteiger partial charge in [0.25, 0.3) is 5.91 Å². The van der Waals surface area contributed by atoms with Crippen LogP contribution < -0.4 is 11.1 Å². The molecule has 4 heteroatoms. The molecule has 88 valence electrons. The van der Waals surface area contributed by atoms with E-state index in [0.717, 1.165) is 28.5 Å². The summed E-state index contributed by atoms with van der Waals surface area (Å²) < 4.78 is 1.08. The Bertz CT molecular complexity index is 599. The van der Waals surface area contributed by atoms with Gasteiger partial charge in [0.2, 0.25) is 0 Å². The van der Waals surface area contributed by atoms with Crippen molar-refractivity contribution in [2.75, 3.05) is 5.73 Å². The molecule has 1 aromatic heterocycles. The van der Waals surface area contributed by atoms with Crippen molar-refractivity contribution in [2.24, 2.45) is 0 Å². The number of carbonyl (C=O) groups is 1. The Morgan fingerprint density at radius 1 is 1.47 bits per heavy atom. The van der Waals surface area contributed by atoms with E-state index in [2.05, 4.69) is 5.32 Å². The molecule has 0 atom stereocenters. The summed E-state index contributed by atoms with van der Waals surface area (Å²) in [7, 11) is 0. The summed E-state index contributed by atoms with van der Waals surface area (Å²) in [6, 6.07) is 6.48. The number of amides is 1. The van der Waals surface area contributed by atoms with Crippen LogP contribution in [0.2, 0.25) is 0 Å². The van der Waals surface area contributed by atoms with Crippen LogP contribution in [0.25, 0.3) is 10.1 Å². The second-order valence-electron chi connectivity index (χ2n) is 4.59. The van der Waals surface area contributed by atoms with Crippen LogP contribution in [0.3, 0.4) is 0 Å². The number of nitrogens with two attached hydrogens (primary N) is 1. The van der Waals surface area contributed by atoms with Crippen LogP contribution in [0.1, 0.15) is 28.1 Å². The molecule has 1 aliphatic rings. The first-order valence-electron chi connectivity index (χ1n) is 5.74. The summed E-state index contributed by atoms with van der Waals surface area (Å²) in [6.45, 7) is 2.03. The van der Waals surface area contributed by atoms with E-state index in [1.807, 2.05) is 25.1 Å². The van der Waals surface area contributed by atoms with Crippen molar-refractivity contribution in [2.45, 2.75) is 25.8 Å². The summed E-state index contributed by atoms with van der Waals surface area (Å²) >= 11 is 1.47. The lowest BCUT2D eigenvalue weighted by atomic mass is 10.1. The van der Waals surface area contributed by atoms with Crippen LogP contribution in [0.5, 0.6) is 0 Å². The molecule has 1 saturated carbocycles. The lowest BCUT2D eigenvalue weighted by Gasteiger charge is -2.01. The highest BCUT2D eigenvalue weighted by atomic mass is 32.1. The molecule has 0 unspecified atom stereocenters. The molecule has 1 amide bonds. The van der Waals surface area contributed by atoms with Crippen molar-refractivity contribution in [3.8, 4) is 0 Å². The number of anilines is 1. The minimum Gasteiger partial charge on any atom is -0.397 e. The smallest absolute Gasteiger partial charge is 0.263 e. The Morgan fingerprint density at radius 2 is 2.24 bits per heavy atom. The van der Waals surface area contributed by atoms with Crippen LogP contribution in [-0.4, -0.2) is 11.9 Å². The first-order valence-corrected chi connectivity index (χ1v) is 6.56. The number of hydrogen-bond acceptors (Lipinski definition) is 3. The lowest BCUT2D eigenvalue weighted by Crippen LogP contribution is -2.25. The number of nitrogens with one attached hydrogen (secondary N) is 1. The molecule has 0 aliphatic heterocycles. The first kappa shape index (κ1) is 10.6. The zero-order chi connectivity index (χ0) is 12.0. The molecule has 0 spiro atoms. The summed E-state index contributed by atoms with van der Waals surface area (Å²) in [5.41, 5.74) is 7.84. The molecule has 0 bridgehead atoms. The van der Waals surface area contributed by atoms with Crippen molar-refractivity contribution in [3.05, 3.63) is 28.6 Å². The Kier molecular flexibility index (Phi) is 2.33. The number of fused-ring (bicyclic) bond motifs is 1. The molecular formula is C13H14N2OS. The van der Waals surface area contributed by atoms with Crippen LogP contribution in [0, 0.1) is 6.92 Å². The molecule has 3 nitrogen and oxygen atoms in total. The molecule has 0 saturated heterocycles. The fraction of sp³-hybridized carbons (Fsp3) is 0.308. The number of benzene rings is 1. The Balaban J connectivity index is 2.03. The fourth-order valence-corrected chi connectivity index (χ4v) is 2.88. The van der Waals surface area contributed by atoms with Gasteiger partial charge >= 0.3 is 0 Å². The highest BCUT2D eigenvalue weighted by molar-refractivity contribution is 7.21. The topological polar surface area (TPSA) is 55.1 Å². The number of thiophene rings is 1. The summed E-state index contributed by atoms with van der Waals surface area (Å²) in [4.78, 5) is 12.6. The molecule has 1 aromatic carbocycles. The molecule has 1 aliphatic carbocycles. The normalized spacial score (nSPS) is 15.1. The van der Waals surface area contributed by atoms with Crippen LogP contribution in [0.4, 0.5) is 5.69 Å². The standard InChI is InChI=1S/C13H14N2OS/c1-7-2-5-10-9(6-7)11(14)12(17-10)13(16)15-8-3-4-8/h2,5-6,8H,3-4,14H2,1H3,(H,15,16). The van der Waals surface area contributed by atoms with E-state index in [4.69, 9.17) is 5.73 Å². The van der Waals surface area contributed by atoms with Gasteiger partial charge in [0.15, 0.2) is 0 Å². The third-order valence-electron chi connectivity index (χ3n) is 3.00. The molecule has 2 aromatic rings. The lowest BCUT2D eigenvalue weighted by molar-refractivity contribution is 0.0956. The second kappa shape index (κ2) is 3.74. The maximum absolute atomic E-state index is 12.0. The summed E-state index contributed by atoms with van der Waals surface area (Å²) in [5, 5.41) is 3.97. The average Bonchev–Trinajstić information content (AvgIpc) is 3.04. The SMILES string of the molecule is Cc1ccc2sc(C(=O)NC3CC3)c(N)c2c1. The zero-order valence-electron chi connectivity index (χ0n) is 9.62. The molecule has 3 N–H and O–H groups in total. The van der Waals surface area contributed by atoms with Gasteiger partial charge < -0.3 is 11.1 Å². The van der Waals surface area contributed by atoms with Gasteiger partial charge in [0, 0.05) is 16.1 Å². The predicted molar refractivity (Wildman–Crippen MR) is 71.5 cm³/mol. The minimum absolute atomic E-state index is 0.0242. The van der Waals surface area contributed by atoms with E-state index in [1.165, 1.54) is 11.3 Å². The zero-order valence-corrected chi connectivity index (χ0v) is 10.4. The van der Waals surface area contributed by atoms with E-state index in [0.29, 0.717) is 16.6 Å². The van der Waals surface area contributed by atoms with Crippen LogP contribution in [0.15, 0.2) is 18.2 Å². The molecular weight excluding hydrogens is 232 g/mol. The quantitative estimate of drug-likeness (QED) is 0.856. The minimum atomic E-state index is -0.0242. The fourth-order valence-electron chi connectivity index (χ4n) is 1.88. The van der Waals surface area contributed by atoms with E-state index in [9.17, 15) is 4.79 Å². The van der Waals surface area contributed by atoms with Gasteiger partial charge in [-0.1, -0.05) is 11.6 Å². The van der Waals surface area contributed by atoms with Crippen LogP contribution in [-0.2, 0) is 0 Å². The monoisotopic (exact) mass is 246 g/mol. The number of hydrogen-bond donors (Lipinski definition) is 2. The molecule has 0 radical (unpaired) electrons. The second-order valence-corrected chi connectivity index (χ2v) is 5.64. The van der Waals surface area contributed by atoms with Gasteiger partial charge in [-0.05, 0) is 31.9 Å². The van der Waals surface area contributed by atoms with Gasteiger partial charge in [0.05, 0.1) is 5.69 Å². The van der Waals surface area contributed by atoms with Crippen molar-refractivity contribution in [1.82, 2.24) is 5.32 Å². The van der Waals surface area contributed by atoms with Gasteiger partial charge in [-0.15, -0.1) is 11.3 Å². The molecule has 1 fully saturated rings. The summed E-state index contributed by atoms with van der Waals surface area (Å²) in [5.74, 6) is -0.0242. The third-order valence-corrected chi connectivity index (χ3v) is 4.19. The van der Waals surface area contributed by atoms with Crippen molar-refractivity contribution in [1.29, 1.82) is 0 Å². The first-order chi connectivity index (χ1) is 8.15. The maximum atomic E-state index is 12.0. The number of rotatable bonds is 2. The highest BCUT2D eigenvalue weighted by Crippen LogP contribution is 2.34. The summed E-state index contributed by atoms with van der Waals surface area (Å²) in [6.07, 6.45) is 2.19. The Hall–Kier alpha value is -1.55. The van der Waals surface area contributed by atoms with E-state index >= 15 is 0 Å². The third kappa shape index (κ3) is 1.89. The number of nitrogen functional groups attached to an aromatic ring is 1. The van der Waals surface area contributed by atoms with Crippen molar-refractivity contribution < 1.29 is 4.79 Å². The highest BCUT2D eigenvalue weighted by Gasteiger charge is 2.26. The number of carbonyl (C=O) groups excluding carboxylic acids is 1. The Labute approximate surface area is 104 Å². The van der Waals surface area contributed by atoms with Gasteiger partial charge in [-0.2, -0.15) is 0 Å². The average molecular weight is 246 g/mol. The van der Waals surface area contributed by atoms with E-state index < -0.39 is 0 Å². The van der Waals surface area contributed by atoms with E-state index in [1.54, 1.807) is 0 Å². The largest absolute Gasteiger partial charge is 0.397 e. The predicted octanol–water partition coefficient (Wildman–Crippen LogP) is 2.68. The van der Waals surface area contributed by atoms with Gasteiger partial charge in [-0.25, -0.2) is 0 Å².